The normalized spacial score (nSPS) is 19.9. The third kappa shape index (κ3) is 5.32. The number of likely N-dealkylation sites (tertiary alicyclic amines) is 1. The molecular formula is C9H16F3N3O. The Morgan fingerprint density at radius 1 is 1.38 bits per heavy atom. The summed E-state index contributed by atoms with van der Waals surface area (Å²) >= 11 is 0. The van der Waals surface area contributed by atoms with E-state index in [9.17, 15) is 18.0 Å². The van der Waals surface area contributed by atoms with E-state index < -0.39 is 18.6 Å². The molecule has 0 aromatic heterocycles. The summed E-state index contributed by atoms with van der Waals surface area (Å²) in [7, 11) is 0. The third-order valence-corrected chi connectivity index (χ3v) is 2.56. The first-order valence-electron chi connectivity index (χ1n) is 5.17. The lowest BCUT2D eigenvalue weighted by atomic mass is 10.1. The van der Waals surface area contributed by atoms with Crippen LogP contribution in [0.1, 0.15) is 12.8 Å². The van der Waals surface area contributed by atoms with Crippen LogP contribution in [0.3, 0.4) is 0 Å². The molecule has 1 fully saturated rings. The summed E-state index contributed by atoms with van der Waals surface area (Å²) in [5.74, 6) is -0.447. The Balaban J connectivity index is 2.21. The summed E-state index contributed by atoms with van der Waals surface area (Å²) < 4.78 is 36.2. The molecule has 1 aliphatic rings. The number of nitrogens with zero attached hydrogens (tertiary/aromatic N) is 1. The summed E-state index contributed by atoms with van der Waals surface area (Å²) in [5.41, 5.74) is 4.96. The molecule has 1 rings (SSSR count). The molecule has 0 aromatic carbocycles. The molecule has 1 saturated heterocycles. The number of rotatable bonds is 4. The van der Waals surface area contributed by atoms with Gasteiger partial charge in [-0.2, -0.15) is 13.2 Å². The zero-order chi connectivity index (χ0) is 12.2. The van der Waals surface area contributed by atoms with Crippen LogP contribution in [0.4, 0.5) is 13.2 Å². The summed E-state index contributed by atoms with van der Waals surface area (Å²) in [6, 6.07) is 0.0944. The molecule has 0 bridgehead atoms. The second-order valence-corrected chi connectivity index (χ2v) is 4.01. The first kappa shape index (κ1) is 13.2. The summed E-state index contributed by atoms with van der Waals surface area (Å²) in [5, 5.41) is 2.92. The largest absolute Gasteiger partial charge is 0.401 e. The minimum atomic E-state index is -4.13. The molecule has 0 spiro atoms. The van der Waals surface area contributed by atoms with E-state index >= 15 is 0 Å². The predicted octanol–water partition coefficient (Wildman–Crippen LogP) is 0.0880. The molecule has 94 valence electrons. The van der Waals surface area contributed by atoms with Crippen LogP contribution in [0.5, 0.6) is 0 Å². The van der Waals surface area contributed by atoms with Gasteiger partial charge >= 0.3 is 6.18 Å². The molecule has 7 heteroatoms. The van der Waals surface area contributed by atoms with Crippen LogP contribution < -0.4 is 11.1 Å². The van der Waals surface area contributed by atoms with Gasteiger partial charge in [0.05, 0.1) is 13.1 Å². The highest BCUT2D eigenvalue weighted by molar-refractivity contribution is 5.75. The van der Waals surface area contributed by atoms with Crippen LogP contribution in [0, 0.1) is 0 Å². The first-order chi connectivity index (χ1) is 7.37. The molecule has 0 atom stereocenters. The fraction of sp³-hybridized carbons (Fsp3) is 0.889. The van der Waals surface area contributed by atoms with Gasteiger partial charge in [-0.05, 0) is 25.9 Å². The maximum absolute atomic E-state index is 12.1. The Hall–Kier alpha value is -0.820. The van der Waals surface area contributed by atoms with E-state index in [1.807, 2.05) is 0 Å². The number of nitrogens with one attached hydrogen (secondary N) is 1. The van der Waals surface area contributed by atoms with Crippen molar-refractivity contribution < 1.29 is 18.0 Å². The molecule has 0 radical (unpaired) electrons. The number of primary amides is 1. The van der Waals surface area contributed by atoms with Crippen LogP contribution in [0.15, 0.2) is 0 Å². The van der Waals surface area contributed by atoms with Gasteiger partial charge in [0.25, 0.3) is 0 Å². The van der Waals surface area contributed by atoms with Gasteiger partial charge < -0.3 is 11.1 Å². The van der Waals surface area contributed by atoms with Crippen molar-refractivity contribution in [3.8, 4) is 0 Å². The van der Waals surface area contributed by atoms with Crippen molar-refractivity contribution in [2.45, 2.75) is 25.1 Å². The average molecular weight is 239 g/mol. The number of hydrogen-bond donors (Lipinski definition) is 2. The lowest BCUT2D eigenvalue weighted by Gasteiger charge is -2.32. The number of halogens is 3. The maximum Gasteiger partial charge on any atom is 0.401 e. The second-order valence-electron chi connectivity index (χ2n) is 4.01. The first-order valence-corrected chi connectivity index (χ1v) is 5.17. The van der Waals surface area contributed by atoms with Crippen LogP contribution in [-0.2, 0) is 4.79 Å². The monoisotopic (exact) mass is 239 g/mol. The lowest BCUT2D eigenvalue weighted by molar-refractivity contribution is -0.148. The van der Waals surface area contributed by atoms with Crippen molar-refractivity contribution in [1.29, 1.82) is 0 Å². The highest BCUT2D eigenvalue weighted by atomic mass is 19.4. The standard InChI is InChI=1S/C9H16F3N3O/c10-9(11,12)6-15-3-1-7(2-4-15)14-5-8(13)16/h7,14H,1-6H2,(H2,13,16). The van der Waals surface area contributed by atoms with E-state index in [4.69, 9.17) is 5.73 Å². The number of piperidine rings is 1. The SMILES string of the molecule is NC(=O)CNC1CCN(CC(F)(F)F)CC1. The van der Waals surface area contributed by atoms with Crippen molar-refractivity contribution in [1.82, 2.24) is 10.2 Å². The molecule has 0 saturated carbocycles. The van der Waals surface area contributed by atoms with Crippen molar-refractivity contribution in [2.75, 3.05) is 26.2 Å². The maximum atomic E-state index is 12.1. The number of nitrogens with two attached hydrogens (primary N) is 1. The molecule has 1 heterocycles. The topological polar surface area (TPSA) is 58.4 Å². The smallest absolute Gasteiger partial charge is 0.369 e. The number of alkyl halides is 3. The van der Waals surface area contributed by atoms with E-state index in [2.05, 4.69) is 5.32 Å². The van der Waals surface area contributed by atoms with E-state index in [-0.39, 0.29) is 12.6 Å². The van der Waals surface area contributed by atoms with Crippen LogP contribution in [0.2, 0.25) is 0 Å². The highest BCUT2D eigenvalue weighted by Crippen LogP contribution is 2.19. The zero-order valence-electron chi connectivity index (χ0n) is 8.89. The average Bonchev–Trinajstić information content (AvgIpc) is 2.14. The molecule has 4 nitrogen and oxygen atoms in total. The van der Waals surface area contributed by atoms with Crippen LogP contribution >= 0.6 is 0 Å². The molecule has 16 heavy (non-hydrogen) atoms. The number of carbonyl (C=O) groups excluding carboxylic acids is 1. The van der Waals surface area contributed by atoms with Crippen molar-refractivity contribution in [3.05, 3.63) is 0 Å². The van der Waals surface area contributed by atoms with Crippen LogP contribution in [0.25, 0.3) is 0 Å². The van der Waals surface area contributed by atoms with Crippen molar-refractivity contribution in [3.63, 3.8) is 0 Å². The van der Waals surface area contributed by atoms with Gasteiger partial charge in [-0.25, -0.2) is 0 Å². The number of amides is 1. The highest BCUT2D eigenvalue weighted by Gasteiger charge is 2.32. The van der Waals surface area contributed by atoms with E-state index in [1.165, 1.54) is 4.90 Å². The number of hydrogen-bond acceptors (Lipinski definition) is 3. The quantitative estimate of drug-likeness (QED) is 0.731. The molecule has 0 unspecified atom stereocenters. The van der Waals surface area contributed by atoms with Gasteiger partial charge in [0.15, 0.2) is 0 Å². The third-order valence-electron chi connectivity index (χ3n) is 2.56. The Labute approximate surface area is 92.0 Å². The minimum absolute atomic E-state index is 0.0872. The van der Waals surface area contributed by atoms with Gasteiger partial charge in [0.1, 0.15) is 0 Å². The summed E-state index contributed by atoms with van der Waals surface area (Å²) in [6.07, 6.45) is -2.90. The van der Waals surface area contributed by atoms with Gasteiger partial charge in [-0.3, -0.25) is 9.69 Å². The van der Waals surface area contributed by atoms with Crippen molar-refractivity contribution >= 4 is 5.91 Å². The van der Waals surface area contributed by atoms with E-state index in [0.717, 1.165) is 0 Å². The molecule has 1 aliphatic heterocycles. The molecular weight excluding hydrogens is 223 g/mol. The Morgan fingerprint density at radius 3 is 2.38 bits per heavy atom. The van der Waals surface area contributed by atoms with Gasteiger partial charge in [0, 0.05) is 6.04 Å². The Bertz CT molecular complexity index is 237. The van der Waals surface area contributed by atoms with E-state index in [0.29, 0.717) is 25.9 Å². The van der Waals surface area contributed by atoms with E-state index in [1.54, 1.807) is 0 Å². The minimum Gasteiger partial charge on any atom is -0.369 e. The zero-order valence-corrected chi connectivity index (χ0v) is 8.89. The molecule has 0 aromatic rings. The fourth-order valence-electron chi connectivity index (χ4n) is 1.79. The Morgan fingerprint density at radius 2 is 1.94 bits per heavy atom. The fourth-order valence-corrected chi connectivity index (χ4v) is 1.79. The molecule has 3 N–H and O–H groups in total. The molecule has 1 amide bonds. The van der Waals surface area contributed by atoms with Gasteiger partial charge in [0.2, 0.25) is 5.91 Å². The second kappa shape index (κ2) is 5.49. The molecule has 0 aliphatic carbocycles. The van der Waals surface area contributed by atoms with Gasteiger partial charge in [-0.15, -0.1) is 0 Å². The van der Waals surface area contributed by atoms with Crippen molar-refractivity contribution in [2.24, 2.45) is 5.73 Å². The summed E-state index contributed by atoms with van der Waals surface area (Å²) in [4.78, 5) is 11.9. The number of carbonyl (C=O) groups is 1. The van der Waals surface area contributed by atoms with Crippen LogP contribution in [-0.4, -0.2) is 49.2 Å². The van der Waals surface area contributed by atoms with Gasteiger partial charge in [-0.1, -0.05) is 0 Å². The lowest BCUT2D eigenvalue weighted by Crippen LogP contribution is -2.47. The predicted molar refractivity (Wildman–Crippen MR) is 52.7 cm³/mol. The summed E-state index contributed by atoms with van der Waals surface area (Å²) in [6.45, 7) is 0.0331. The Kier molecular flexibility index (Phi) is 4.55.